The molecule has 1 heterocycles. The van der Waals surface area contributed by atoms with E-state index in [1.807, 2.05) is 0 Å². The van der Waals surface area contributed by atoms with E-state index in [0.29, 0.717) is 12.2 Å². The zero-order valence-corrected chi connectivity index (χ0v) is 11.7. The van der Waals surface area contributed by atoms with Gasteiger partial charge in [0.15, 0.2) is 0 Å². The third kappa shape index (κ3) is 2.78. The largest absolute Gasteiger partial charge is 0.496 e. The molecule has 0 bridgehead atoms. The molecule has 1 aliphatic heterocycles. The van der Waals surface area contributed by atoms with Crippen molar-refractivity contribution in [2.75, 3.05) is 19.0 Å². The maximum Gasteiger partial charge on any atom is 0.126 e. The molecule has 1 saturated heterocycles. The van der Waals surface area contributed by atoms with Gasteiger partial charge in [-0.15, -0.1) is 0 Å². The topological polar surface area (TPSA) is 30.5 Å². The van der Waals surface area contributed by atoms with Gasteiger partial charge in [0.25, 0.3) is 0 Å². The van der Waals surface area contributed by atoms with Crippen LogP contribution in [0.5, 0.6) is 5.75 Å². The van der Waals surface area contributed by atoms with E-state index in [9.17, 15) is 0 Å². The minimum Gasteiger partial charge on any atom is -0.496 e. The highest BCUT2D eigenvalue weighted by molar-refractivity contribution is 5.59. The molecule has 1 fully saturated rings. The minimum absolute atomic E-state index is 0.340. The summed E-state index contributed by atoms with van der Waals surface area (Å²) in [5.41, 5.74) is 3.48. The van der Waals surface area contributed by atoms with Crippen LogP contribution in [0.2, 0.25) is 0 Å². The van der Waals surface area contributed by atoms with Gasteiger partial charge in [-0.3, -0.25) is 0 Å². The lowest BCUT2D eigenvalue weighted by atomic mass is 10.1. The van der Waals surface area contributed by atoms with E-state index in [2.05, 4.69) is 38.2 Å². The molecule has 100 valence electrons. The molecule has 2 unspecified atom stereocenters. The van der Waals surface area contributed by atoms with E-state index in [0.717, 1.165) is 24.4 Å². The monoisotopic (exact) mass is 249 g/mol. The number of hydrogen-bond acceptors (Lipinski definition) is 3. The highest BCUT2D eigenvalue weighted by Gasteiger charge is 2.21. The number of hydrogen-bond donors (Lipinski definition) is 1. The summed E-state index contributed by atoms with van der Waals surface area (Å²) in [5.74, 6) is 0.973. The minimum atomic E-state index is 0.340. The average Bonchev–Trinajstić information content (AvgIpc) is 2.75. The second-order valence-electron chi connectivity index (χ2n) is 5.12. The number of methoxy groups -OCH3 is 1. The van der Waals surface area contributed by atoms with Crippen LogP contribution in [0.3, 0.4) is 0 Å². The Balaban J connectivity index is 2.01. The van der Waals surface area contributed by atoms with Gasteiger partial charge in [0.05, 0.1) is 19.3 Å². The molecule has 1 aliphatic rings. The van der Waals surface area contributed by atoms with E-state index in [1.54, 1.807) is 7.11 Å². The van der Waals surface area contributed by atoms with Crippen LogP contribution < -0.4 is 10.1 Å². The fourth-order valence-electron chi connectivity index (χ4n) is 2.59. The number of ether oxygens (including phenoxy) is 2. The quantitative estimate of drug-likeness (QED) is 0.888. The summed E-state index contributed by atoms with van der Waals surface area (Å²) >= 11 is 0. The van der Waals surface area contributed by atoms with Crippen molar-refractivity contribution < 1.29 is 9.47 Å². The first kappa shape index (κ1) is 13.2. The predicted molar refractivity (Wildman–Crippen MR) is 74.5 cm³/mol. The van der Waals surface area contributed by atoms with Crippen LogP contribution in [0.4, 0.5) is 5.69 Å². The first-order valence-electron chi connectivity index (χ1n) is 6.65. The van der Waals surface area contributed by atoms with E-state index in [1.165, 1.54) is 17.5 Å². The lowest BCUT2D eigenvalue weighted by Crippen LogP contribution is -2.20. The first-order chi connectivity index (χ1) is 8.61. The second-order valence-corrected chi connectivity index (χ2v) is 5.12. The van der Waals surface area contributed by atoms with E-state index < -0.39 is 0 Å². The molecule has 2 rings (SSSR count). The zero-order valence-electron chi connectivity index (χ0n) is 11.7. The van der Waals surface area contributed by atoms with Crippen molar-refractivity contribution in [3.8, 4) is 5.75 Å². The highest BCUT2D eigenvalue weighted by atomic mass is 16.5. The lowest BCUT2D eigenvalue weighted by Gasteiger charge is -2.17. The Morgan fingerprint density at radius 2 is 2.11 bits per heavy atom. The molecule has 18 heavy (non-hydrogen) atoms. The zero-order chi connectivity index (χ0) is 13.1. The fraction of sp³-hybridized carbons (Fsp3) is 0.600. The van der Waals surface area contributed by atoms with Gasteiger partial charge >= 0.3 is 0 Å². The number of aryl methyl sites for hydroxylation is 1. The fourth-order valence-corrected chi connectivity index (χ4v) is 2.59. The molecule has 3 nitrogen and oxygen atoms in total. The summed E-state index contributed by atoms with van der Waals surface area (Å²) in [6.07, 6.45) is 3.07. The van der Waals surface area contributed by atoms with Crippen molar-refractivity contribution in [3.05, 3.63) is 23.3 Å². The Kier molecular flexibility index (Phi) is 4.12. The average molecular weight is 249 g/mol. The third-order valence-corrected chi connectivity index (χ3v) is 3.65. The van der Waals surface area contributed by atoms with Gasteiger partial charge in [-0.1, -0.05) is 6.07 Å². The Bertz CT molecular complexity index is 417. The van der Waals surface area contributed by atoms with Crippen LogP contribution in [0.15, 0.2) is 12.1 Å². The van der Waals surface area contributed by atoms with Gasteiger partial charge in [0.1, 0.15) is 5.75 Å². The Labute approximate surface area is 109 Å². The second kappa shape index (κ2) is 5.61. The van der Waals surface area contributed by atoms with E-state index >= 15 is 0 Å². The van der Waals surface area contributed by atoms with Gasteiger partial charge in [-0.05, 0) is 45.2 Å². The summed E-state index contributed by atoms with van der Waals surface area (Å²) in [6.45, 7) is 7.17. The number of rotatable bonds is 4. The molecule has 0 radical (unpaired) electrons. The maximum absolute atomic E-state index is 5.81. The number of nitrogens with one attached hydrogen (secondary N) is 1. The summed E-state index contributed by atoms with van der Waals surface area (Å²) in [6, 6.07) is 4.21. The summed E-state index contributed by atoms with van der Waals surface area (Å²) in [5, 5.41) is 3.47. The van der Waals surface area contributed by atoms with Crippen molar-refractivity contribution in [2.45, 2.75) is 45.8 Å². The standard InChI is InChI=1S/C15H23NO2/c1-10-5-8-14(12(3)15(10)17-4)16-9-13-7-6-11(2)18-13/h5,8,11,13,16H,6-7,9H2,1-4H3. The van der Waals surface area contributed by atoms with Crippen molar-refractivity contribution in [2.24, 2.45) is 0 Å². The highest BCUT2D eigenvalue weighted by Crippen LogP contribution is 2.29. The van der Waals surface area contributed by atoms with Crippen LogP contribution in [0, 0.1) is 13.8 Å². The van der Waals surface area contributed by atoms with Gasteiger partial charge in [0.2, 0.25) is 0 Å². The van der Waals surface area contributed by atoms with Gasteiger partial charge in [-0.2, -0.15) is 0 Å². The third-order valence-electron chi connectivity index (χ3n) is 3.65. The van der Waals surface area contributed by atoms with Crippen molar-refractivity contribution in [1.29, 1.82) is 0 Å². The molecule has 0 aromatic heterocycles. The molecule has 1 N–H and O–H groups in total. The van der Waals surface area contributed by atoms with Crippen LogP contribution in [0.25, 0.3) is 0 Å². The van der Waals surface area contributed by atoms with Crippen molar-refractivity contribution >= 4 is 5.69 Å². The molecular formula is C15H23NO2. The van der Waals surface area contributed by atoms with Gasteiger partial charge in [0, 0.05) is 17.8 Å². The lowest BCUT2D eigenvalue weighted by molar-refractivity contribution is 0.0637. The van der Waals surface area contributed by atoms with Crippen molar-refractivity contribution in [1.82, 2.24) is 0 Å². The van der Waals surface area contributed by atoms with Gasteiger partial charge in [-0.25, -0.2) is 0 Å². The van der Waals surface area contributed by atoms with Crippen LogP contribution in [0.1, 0.15) is 30.9 Å². The number of benzene rings is 1. The normalized spacial score (nSPS) is 23.1. The Morgan fingerprint density at radius 1 is 1.33 bits per heavy atom. The van der Waals surface area contributed by atoms with Gasteiger partial charge < -0.3 is 14.8 Å². The smallest absolute Gasteiger partial charge is 0.126 e. The van der Waals surface area contributed by atoms with Crippen LogP contribution in [-0.2, 0) is 4.74 Å². The molecular weight excluding hydrogens is 226 g/mol. The first-order valence-corrected chi connectivity index (χ1v) is 6.65. The summed E-state index contributed by atoms with van der Waals surface area (Å²) in [4.78, 5) is 0. The summed E-state index contributed by atoms with van der Waals surface area (Å²) < 4.78 is 11.2. The molecule has 1 aromatic carbocycles. The number of anilines is 1. The van der Waals surface area contributed by atoms with E-state index in [4.69, 9.17) is 9.47 Å². The molecule has 3 heteroatoms. The van der Waals surface area contributed by atoms with Crippen LogP contribution >= 0.6 is 0 Å². The summed E-state index contributed by atoms with van der Waals surface area (Å²) in [7, 11) is 1.72. The molecule has 0 saturated carbocycles. The predicted octanol–water partition coefficient (Wildman–Crippen LogP) is 3.29. The molecule has 1 aromatic rings. The van der Waals surface area contributed by atoms with E-state index in [-0.39, 0.29) is 0 Å². The maximum atomic E-state index is 5.81. The molecule has 0 amide bonds. The molecule has 2 atom stereocenters. The Hall–Kier alpha value is -1.22. The SMILES string of the molecule is COc1c(C)ccc(NCC2CCC(C)O2)c1C. The molecule has 0 spiro atoms. The van der Waals surface area contributed by atoms with Crippen LogP contribution in [-0.4, -0.2) is 25.9 Å². The Morgan fingerprint density at radius 3 is 2.72 bits per heavy atom. The molecule has 0 aliphatic carbocycles. The van der Waals surface area contributed by atoms with Crippen molar-refractivity contribution in [3.63, 3.8) is 0 Å².